The fourth-order valence-electron chi connectivity index (χ4n) is 0.588. The van der Waals surface area contributed by atoms with Gasteiger partial charge in [0.25, 0.3) is 0 Å². The lowest BCUT2D eigenvalue weighted by Crippen LogP contribution is -2.30. The number of amides is 1. The van der Waals surface area contributed by atoms with E-state index in [9.17, 15) is 4.79 Å². The average molecular weight is 186 g/mol. The van der Waals surface area contributed by atoms with Crippen LogP contribution in [0.1, 0.15) is 6.42 Å². The third-order valence-corrected chi connectivity index (χ3v) is 1.19. The molecule has 0 bridgehead atoms. The SMILES string of the molecule is C#CCOCCOCCC(=O)NN. The van der Waals surface area contributed by atoms with Crippen molar-refractivity contribution >= 4 is 5.91 Å². The van der Waals surface area contributed by atoms with Crippen molar-refractivity contribution in [3.05, 3.63) is 0 Å². The number of hydrogen-bond donors (Lipinski definition) is 2. The van der Waals surface area contributed by atoms with Gasteiger partial charge in [-0.1, -0.05) is 5.92 Å². The predicted octanol–water partition coefficient (Wildman–Crippen LogP) is -0.967. The molecule has 0 atom stereocenters. The molecular formula is C8H14N2O3. The van der Waals surface area contributed by atoms with E-state index in [1.165, 1.54) is 0 Å². The molecule has 0 aliphatic heterocycles. The number of carbonyl (C=O) groups excluding carboxylic acids is 1. The van der Waals surface area contributed by atoms with Gasteiger partial charge in [-0.15, -0.1) is 6.42 Å². The Morgan fingerprint density at radius 1 is 1.38 bits per heavy atom. The van der Waals surface area contributed by atoms with Gasteiger partial charge < -0.3 is 9.47 Å². The van der Waals surface area contributed by atoms with Crippen LogP contribution in [0.4, 0.5) is 0 Å². The second kappa shape index (κ2) is 9.00. The maximum absolute atomic E-state index is 10.6. The van der Waals surface area contributed by atoms with Crippen LogP contribution >= 0.6 is 0 Å². The molecule has 0 heterocycles. The van der Waals surface area contributed by atoms with Crippen LogP contribution in [0.15, 0.2) is 0 Å². The summed E-state index contributed by atoms with van der Waals surface area (Å²) in [5.41, 5.74) is 2.00. The van der Waals surface area contributed by atoms with Crippen LogP contribution in [0, 0.1) is 12.3 Å². The third kappa shape index (κ3) is 8.82. The summed E-state index contributed by atoms with van der Waals surface area (Å²) in [6.45, 7) is 1.49. The highest BCUT2D eigenvalue weighted by Gasteiger charge is 1.96. The standard InChI is InChI=1S/C8H14N2O3/c1-2-4-12-6-7-13-5-3-8(11)10-9/h1H,3-7,9H2,(H,10,11). The van der Waals surface area contributed by atoms with Crippen molar-refractivity contribution in [1.29, 1.82) is 0 Å². The lowest BCUT2D eigenvalue weighted by molar-refractivity contribution is -0.122. The van der Waals surface area contributed by atoms with Crippen LogP contribution in [-0.2, 0) is 14.3 Å². The maximum Gasteiger partial charge on any atom is 0.236 e. The first-order chi connectivity index (χ1) is 6.31. The predicted molar refractivity (Wildman–Crippen MR) is 47.4 cm³/mol. The van der Waals surface area contributed by atoms with E-state index >= 15 is 0 Å². The van der Waals surface area contributed by atoms with Crippen molar-refractivity contribution in [3.63, 3.8) is 0 Å². The van der Waals surface area contributed by atoms with Gasteiger partial charge in [0, 0.05) is 0 Å². The molecule has 13 heavy (non-hydrogen) atoms. The van der Waals surface area contributed by atoms with Gasteiger partial charge in [-0.3, -0.25) is 10.2 Å². The van der Waals surface area contributed by atoms with Crippen LogP contribution < -0.4 is 11.3 Å². The van der Waals surface area contributed by atoms with E-state index in [1.54, 1.807) is 0 Å². The van der Waals surface area contributed by atoms with Crippen molar-refractivity contribution < 1.29 is 14.3 Å². The molecule has 1 amide bonds. The van der Waals surface area contributed by atoms with Gasteiger partial charge in [0.15, 0.2) is 0 Å². The summed E-state index contributed by atoms with van der Waals surface area (Å²) in [7, 11) is 0. The Morgan fingerprint density at radius 3 is 2.69 bits per heavy atom. The second-order valence-electron chi connectivity index (χ2n) is 2.19. The zero-order valence-corrected chi connectivity index (χ0v) is 7.41. The topological polar surface area (TPSA) is 73.6 Å². The average Bonchev–Trinajstić information content (AvgIpc) is 2.16. The third-order valence-electron chi connectivity index (χ3n) is 1.19. The van der Waals surface area contributed by atoms with Gasteiger partial charge in [0.05, 0.1) is 26.2 Å². The summed E-state index contributed by atoms with van der Waals surface area (Å²) >= 11 is 0. The Balaban J connectivity index is 3.00. The summed E-state index contributed by atoms with van der Waals surface area (Å²) in [6, 6.07) is 0. The molecule has 0 fully saturated rings. The van der Waals surface area contributed by atoms with Crippen LogP contribution in [-0.4, -0.2) is 32.3 Å². The second-order valence-corrected chi connectivity index (χ2v) is 2.19. The van der Waals surface area contributed by atoms with Crippen molar-refractivity contribution in [2.75, 3.05) is 26.4 Å². The number of carbonyl (C=O) groups is 1. The molecule has 0 radical (unpaired) electrons. The number of hydrazine groups is 1. The number of nitrogens with two attached hydrogens (primary N) is 1. The number of terminal acetylenes is 1. The van der Waals surface area contributed by atoms with E-state index in [4.69, 9.17) is 21.7 Å². The normalized spacial score (nSPS) is 9.23. The minimum atomic E-state index is -0.246. The Bertz CT molecular complexity index is 177. The van der Waals surface area contributed by atoms with Gasteiger partial charge in [0.2, 0.25) is 5.91 Å². The molecule has 0 aromatic heterocycles. The smallest absolute Gasteiger partial charge is 0.236 e. The first kappa shape index (κ1) is 11.9. The molecule has 5 heteroatoms. The highest BCUT2D eigenvalue weighted by Crippen LogP contribution is 1.83. The van der Waals surface area contributed by atoms with Crippen LogP contribution in [0.3, 0.4) is 0 Å². The molecule has 0 spiro atoms. The van der Waals surface area contributed by atoms with Gasteiger partial charge >= 0.3 is 0 Å². The molecule has 0 aromatic carbocycles. The quantitative estimate of drug-likeness (QED) is 0.176. The van der Waals surface area contributed by atoms with Crippen molar-refractivity contribution in [2.45, 2.75) is 6.42 Å². The molecular weight excluding hydrogens is 172 g/mol. The zero-order chi connectivity index (χ0) is 9.94. The van der Waals surface area contributed by atoms with E-state index in [0.29, 0.717) is 19.8 Å². The van der Waals surface area contributed by atoms with Gasteiger partial charge in [-0.25, -0.2) is 5.84 Å². The van der Waals surface area contributed by atoms with Crippen molar-refractivity contribution in [2.24, 2.45) is 5.84 Å². The maximum atomic E-state index is 10.6. The summed E-state index contributed by atoms with van der Waals surface area (Å²) in [6.07, 6.45) is 5.20. The molecule has 0 aliphatic rings. The van der Waals surface area contributed by atoms with Gasteiger partial charge in [0.1, 0.15) is 6.61 Å². The van der Waals surface area contributed by atoms with Crippen molar-refractivity contribution in [1.82, 2.24) is 5.43 Å². The Kier molecular flexibility index (Phi) is 8.25. The largest absolute Gasteiger partial charge is 0.379 e. The van der Waals surface area contributed by atoms with Crippen molar-refractivity contribution in [3.8, 4) is 12.3 Å². The highest BCUT2D eigenvalue weighted by molar-refractivity contribution is 5.75. The first-order valence-electron chi connectivity index (χ1n) is 3.89. The fraction of sp³-hybridized carbons (Fsp3) is 0.625. The van der Waals surface area contributed by atoms with Crippen LogP contribution in [0.2, 0.25) is 0 Å². The van der Waals surface area contributed by atoms with E-state index < -0.39 is 0 Å². The molecule has 0 unspecified atom stereocenters. The monoisotopic (exact) mass is 186 g/mol. The summed E-state index contributed by atoms with van der Waals surface area (Å²) in [5.74, 6) is 6.93. The fourth-order valence-corrected chi connectivity index (χ4v) is 0.588. The molecule has 0 aromatic rings. The summed E-state index contributed by atoms with van der Waals surface area (Å²) in [4.78, 5) is 10.6. The zero-order valence-electron chi connectivity index (χ0n) is 7.41. The first-order valence-corrected chi connectivity index (χ1v) is 3.89. The van der Waals surface area contributed by atoms with Gasteiger partial charge in [-0.05, 0) is 0 Å². The molecule has 74 valence electrons. The lowest BCUT2D eigenvalue weighted by atomic mass is 10.4. The molecule has 0 aliphatic carbocycles. The summed E-state index contributed by atoms with van der Waals surface area (Å²) in [5, 5.41) is 0. The van der Waals surface area contributed by atoms with E-state index in [-0.39, 0.29) is 18.9 Å². The molecule has 5 nitrogen and oxygen atoms in total. The summed E-state index contributed by atoms with van der Waals surface area (Å²) < 4.78 is 9.97. The van der Waals surface area contributed by atoms with Gasteiger partial charge in [-0.2, -0.15) is 0 Å². The Morgan fingerprint density at radius 2 is 2.08 bits per heavy atom. The van der Waals surface area contributed by atoms with E-state index in [0.717, 1.165) is 0 Å². The number of rotatable bonds is 7. The highest BCUT2D eigenvalue weighted by atomic mass is 16.5. The molecule has 3 N–H and O–H groups in total. The number of hydrogen-bond acceptors (Lipinski definition) is 4. The van der Waals surface area contributed by atoms with Crippen LogP contribution in [0.25, 0.3) is 0 Å². The number of ether oxygens (including phenoxy) is 2. The number of nitrogens with one attached hydrogen (secondary N) is 1. The van der Waals surface area contributed by atoms with E-state index in [1.807, 2.05) is 5.43 Å². The minimum Gasteiger partial charge on any atom is -0.379 e. The van der Waals surface area contributed by atoms with Crippen LogP contribution in [0.5, 0.6) is 0 Å². The minimum absolute atomic E-state index is 0.246. The molecule has 0 rings (SSSR count). The Labute approximate surface area is 77.5 Å². The Hall–Kier alpha value is -1.09. The lowest BCUT2D eigenvalue weighted by Gasteiger charge is -2.02. The molecule has 0 saturated carbocycles. The van der Waals surface area contributed by atoms with E-state index in [2.05, 4.69) is 5.92 Å². The molecule has 0 saturated heterocycles.